The van der Waals surface area contributed by atoms with Crippen LogP contribution in [-0.4, -0.2) is 19.4 Å². The van der Waals surface area contributed by atoms with E-state index in [-0.39, 0.29) is 6.79 Å². The van der Waals surface area contributed by atoms with Crippen LogP contribution >= 0.6 is 0 Å². The average molecular weight is 156 g/mol. The lowest BCUT2D eigenvalue weighted by molar-refractivity contribution is -0.149. The van der Waals surface area contributed by atoms with Crippen molar-refractivity contribution in [2.24, 2.45) is 0 Å². The Morgan fingerprint density at radius 2 is 2.27 bits per heavy atom. The summed E-state index contributed by atoms with van der Waals surface area (Å²) in [7, 11) is 0. The summed E-state index contributed by atoms with van der Waals surface area (Å²) in [5.41, 5.74) is 0.889. The molecule has 62 valence electrons. The molecular formula is C8H12O3. The lowest BCUT2D eigenvalue weighted by Crippen LogP contribution is -2.06. The Bertz CT molecular complexity index is 161. The van der Waals surface area contributed by atoms with E-state index in [1.54, 1.807) is 0 Å². The zero-order valence-corrected chi connectivity index (χ0v) is 6.63. The Morgan fingerprint density at radius 1 is 1.64 bits per heavy atom. The zero-order valence-electron chi connectivity index (χ0n) is 6.63. The van der Waals surface area contributed by atoms with Gasteiger partial charge in [-0.2, -0.15) is 0 Å². The van der Waals surface area contributed by atoms with Gasteiger partial charge in [-0.15, -0.1) is 0 Å². The maximum absolute atomic E-state index is 10.4. The van der Waals surface area contributed by atoms with Crippen molar-refractivity contribution in [3.8, 4) is 0 Å². The fraction of sp³-hybridized carbons (Fsp3) is 0.375. The van der Waals surface area contributed by atoms with Gasteiger partial charge in [-0.05, 0) is 6.92 Å². The summed E-state index contributed by atoms with van der Waals surface area (Å²) in [6.07, 6.45) is 1.09. The molecule has 0 saturated carbocycles. The van der Waals surface area contributed by atoms with E-state index >= 15 is 0 Å². The number of carbonyl (C=O) groups excluding carboxylic acids is 1. The summed E-state index contributed by atoms with van der Waals surface area (Å²) in [6.45, 7) is 9.03. The van der Waals surface area contributed by atoms with E-state index in [9.17, 15) is 4.79 Å². The third-order valence-corrected chi connectivity index (χ3v) is 0.800. The van der Waals surface area contributed by atoms with Gasteiger partial charge < -0.3 is 9.47 Å². The molecule has 0 atom stereocenters. The molecule has 0 fully saturated rings. The quantitative estimate of drug-likeness (QED) is 0.198. The Kier molecular flexibility index (Phi) is 5.11. The molecule has 0 aromatic carbocycles. The molecule has 0 spiro atoms. The fourth-order valence-corrected chi connectivity index (χ4v) is 0.375. The second-order valence-corrected chi connectivity index (χ2v) is 2.09. The summed E-state index contributed by atoms with van der Waals surface area (Å²) >= 11 is 0. The lowest BCUT2D eigenvalue weighted by Gasteiger charge is -2.02. The van der Waals surface area contributed by atoms with Crippen molar-refractivity contribution in [3.05, 3.63) is 24.8 Å². The van der Waals surface area contributed by atoms with Crippen LogP contribution < -0.4 is 0 Å². The summed E-state index contributed by atoms with van der Waals surface area (Å²) < 4.78 is 9.40. The third-order valence-electron chi connectivity index (χ3n) is 0.800. The fourth-order valence-electron chi connectivity index (χ4n) is 0.375. The van der Waals surface area contributed by atoms with Crippen molar-refractivity contribution >= 4 is 5.97 Å². The van der Waals surface area contributed by atoms with E-state index in [1.165, 1.54) is 0 Å². The minimum absolute atomic E-state index is 0.0439. The molecular weight excluding hydrogens is 144 g/mol. The van der Waals surface area contributed by atoms with E-state index < -0.39 is 5.97 Å². The van der Waals surface area contributed by atoms with E-state index in [2.05, 4.69) is 17.9 Å². The lowest BCUT2D eigenvalue weighted by atomic mass is 10.4. The molecule has 0 N–H and O–H groups in total. The summed E-state index contributed by atoms with van der Waals surface area (Å²) in [6, 6.07) is 0. The number of carbonyl (C=O) groups is 1. The highest BCUT2D eigenvalue weighted by Crippen LogP contribution is 1.88. The van der Waals surface area contributed by atoms with Gasteiger partial charge in [0, 0.05) is 6.08 Å². The minimum atomic E-state index is -0.480. The van der Waals surface area contributed by atoms with E-state index in [0.29, 0.717) is 6.61 Å². The Labute approximate surface area is 66.3 Å². The normalized spacial score (nSPS) is 8.82. The molecule has 3 heteroatoms. The molecule has 0 unspecified atom stereocenters. The van der Waals surface area contributed by atoms with E-state index in [0.717, 1.165) is 11.6 Å². The monoisotopic (exact) mass is 156 g/mol. The van der Waals surface area contributed by atoms with Crippen molar-refractivity contribution < 1.29 is 14.3 Å². The zero-order chi connectivity index (χ0) is 8.69. The number of hydrogen-bond donors (Lipinski definition) is 0. The second-order valence-electron chi connectivity index (χ2n) is 2.09. The Morgan fingerprint density at radius 3 is 2.73 bits per heavy atom. The van der Waals surface area contributed by atoms with Crippen LogP contribution in [0.25, 0.3) is 0 Å². The molecule has 0 aliphatic rings. The van der Waals surface area contributed by atoms with Crippen molar-refractivity contribution in [1.82, 2.24) is 0 Å². The topological polar surface area (TPSA) is 35.5 Å². The van der Waals surface area contributed by atoms with Gasteiger partial charge in [-0.25, -0.2) is 4.79 Å². The molecule has 0 amide bonds. The SMILES string of the molecule is C=CC(=O)OCOCC(=C)C. The van der Waals surface area contributed by atoms with Gasteiger partial charge in [-0.1, -0.05) is 18.7 Å². The molecule has 0 aromatic heterocycles. The number of hydrogen-bond acceptors (Lipinski definition) is 3. The van der Waals surface area contributed by atoms with Crippen LogP contribution in [0.2, 0.25) is 0 Å². The summed E-state index contributed by atoms with van der Waals surface area (Å²) in [5.74, 6) is -0.480. The predicted octanol–water partition coefficient (Wildman–Crippen LogP) is 1.27. The van der Waals surface area contributed by atoms with Crippen LogP contribution in [0.4, 0.5) is 0 Å². The molecule has 0 aliphatic carbocycles. The number of ether oxygens (including phenoxy) is 2. The molecule has 11 heavy (non-hydrogen) atoms. The first-order valence-electron chi connectivity index (χ1n) is 3.18. The smallest absolute Gasteiger partial charge is 0.332 e. The Hall–Kier alpha value is -1.09. The molecule has 0 saturated heterocycles. The first-order chi connectivity index (χ1) is 5.16. The largest absolute Gasteiger partial charge is 0.435 e. The molecule has 0 heterocycles. The van der Waals surface area contributed by atoms with Crippen LogP contribution in [0, 0.1) is 0 Å². The number of esters is 1. The third kappa shape index (κ3) is 6.80. The summed E-state index contributed by atoms with van der Waals surface area (Å²) in [4.78, 5) is 10.4. The van der Waals surface area contributed by atoms with Gasteiger partial charge in [0.2, 0.25) is 0 Å². The van der Waals surface area contributed by atoms with Crippen molar-refractivity contribution in [3.63, 3.8) is 0 Å². The van der Waals surface area contributed by atoms with Crippen LogP contribution in [0.3, 0.4) is 0 Å². The molecule has 0 rings (SSSR count). The summed E-state index contributed by atoms with van der Waals surface area (Å²) in [5, 5.41) is 0. The maximum Gasteiger partial charge on any atom is 0.332 e. The van der Waals surface area contributed by atoms with Gasteiger partial charge in [0.1, 0.15) is 0 Å². The van der Waals surface area contributed by atoms with Crippen molar-refractivity contribution in [2.45, 2.75) is 6.92 Å². The van der Waals surface area contributed by atoms with Gasteiger partial charge >= 0.3 is 5.97 Å². The first-order valence-corrected chi connectivity index (χ1v) is 3.18. The average Bonchev–Trinajstić information content (AvgIpc) is 1.97. The first kappa shape index (κ1) is 9.91. The van der Waals surface area contributed by atoms with E-state index in [1.807, 2.05) is 6.92 Å². The van der Waals surface area contributed by atoms with Gasteiger partial charge in [0.05, 0.1) is 6.61 Å². The molecule has 3 nitrogen and oxygen atoms in total. The standard InChI is InChI=1S/C8H12O3/c1-4-8(9)11-6-10-5-7(2)3/h4H,1-2,5-6H2,3H3. The van der Waals surface area contributed by atoms with Gasteiger partial charge in [0.25, 0.3) is 0 Å². The molecule has 0 aliphatic heterocycles. The minimum Gasteiger partial charge on any atom is -0.435 e. The highest BCUT2D eigenvalue weighted by Gasteiger charge is 1.93. The van der Waals surface area contributed by atoms with Crippen LogP contribution in [-0.2, 0) is 14.3 Å². The second kappa shape index (κ2) is 5.68. The van der Waals surface area contributed by atoms with Crippen LogP contribution in [0.15, 0.2) is 24.8 Å². The van der Waals surface area contributed by atoms with E-state index in [4.69, 9.17) is 4.74 Å². The predicted molar refractivity (Wildman–Crippen MR) is 41.9 cm³/mol. The molecule has 0 bridgehead atoms. The van der Waals surface area contributed by atoms with Crippen molar-refractivity contribution in [1.29, 1.82) is 0 Å². The van der Waals surface area contributed by atoms with Gasteiger partial charge in [-0.3, -0.25) is 0 Å². The highest BCUT2D eigenvalue weighted by molar-refractivity contribution is 5.81. The molecule has 0 radical (unpaired) electrons. The maximum atomic E-state index is 10.4. The number of rotatable bonds is 5. The van der Waals surface area contributed by atoms with Crippen LogP contribution in [0.5, 0.6) is 0 Å². The van der Waals surface area contributed by atoms with Crippen molar-refractivity contribution in [2.75, 3.05) is 13.4 Å². The van der Waals surface area contributed by atoms with Gasteiger partial charge in [0.15, 0.2) is 6.79 Å². The molecule has 0 aromatic rings. The Balaban J connectivity index is 3.21. The highest BCUT2D eigenvalue weighted by atomic mass is 16.7. The van der Waals surface area contributed by atoms with Crippen LogP contribution in [0.1, 0.15) is 6.92 Å².